The van der Waals surface area contributed by atoms with Crippen molar-refractivity contribution in [2.24, 2.45) is 5.41 Å². The van der Waals surface area contributed by atoms with E-state index in [1.54, 1.807) is 11.9 Å². The van der Waals surface area contributed by atoms with Crippen LogP contribution in [0.15, 0.2) is 0 Å². The second-order valence-corrected chi connectivity index (χ2v) is 5.81. The van der Waals surface area contributed by atoms with Crippen molar-refractivity contribution in [3.63, 3.8) is 0 Å². The Hall–Kier alpha value is -1.26. The number of hydrogen-bond acceptors (Lipinski definition) is 2. The van der Waals surface area contributed by atoms with Crippen molar-refractivity contribution in [3.05, 3.63) is 0 Å². The van der Waals surface area contributed by atoms with Crippen LogP contribution in [0.2, 0.25) is 0 Å². The standard InChI is InChI=1S/C13H26N2O3/c1-7-10(8-11(16)17)14-12(18)15(6)9(2)13(3,4)5/h9-10H,7-8H2,1-6H3,(H,14,18)(H,16,17). The van der Waals surface area contributed by atoms with Crippen LogP contribution in [0.5, 0.6) is 0 Å². The summed E-state index contributed by atoms with van der Waals surface area (Å²) in [7, 11) is 1.73. The minimum Gasteiger partial charge on any atom is -0.481 e. The molecular formula is C13H26N2O3. The molecule has 0 saturated heterocycles. The molecule has 5 heteroatoms. The first-order chi connectivity index (χ1) is 8.09. The van der Waals surface area contributed by atoms with E-state index in [2.05, 4.69) is 26.1 Å². The van der Waals surface area contributed by atoms with Gasteiger partial charge in [-0.05, 0) is 18.8 Å². The summed E-state index contributed by atoms with van der Waals surface area (Å²) in [5.41, 5.74) is -0.0133. The molecule has 2 amide bonds. The molecule has 106 valence electrons. The van der Waals surface area contributed by atoms with E-state index in [1.807, 2.05) is 13.8 Å². The van der Waals surface area contributed by atoms with Crippen molar-refractivity contribution < 1.29 is 14.7 Å². The molecule has 0 aromatic carbocycles. The Labute approximate surface area is 110 Å². The van der Waals surface area contributed by atoms with Crippen molar-refractivity contribution in [1.82, 2.24) is 10.2 Å². The van der Waals surface area contributed by atoms with E-state index < -0.39 is 5.97 Å². The van der Waals surface area contributed by atoms with E-state index in [0.29, 0.717) is 6.42 Å². The summed E-state index contributed by atoms with van der Waals surface area (Å²) < 4.78 is 0. The lowest BCUT2D eigenvalue weighted by Gasteiger charge is -2.36. The third kappa shape index (κ3) is 5.38. The minimum absolute atomic E-state index is 0.0133. The van der Waals surface area contributed by atoms with Gasteiger partial charge in [0.1, 0.15) is 0 Å². The molecular weight excluding hydrogens is 232 g/mol. The van der Waals surface area contributed by atoms with E-state index in [4.69, 9.17) is 5.11 Å². The average molecular weight is 258 g/mol. The van der Waals surface area contributed by atoms with Crippen LogP contribution in [0.4, 0.5) is 4.79 Å². The zero-order valence-corrected chi connectivity index (χ0v) is 12.3. The summed E-state index contributed by atoms with van der Waals surface area (Å²) >= 11 is 0. The van der Waals surface area contributed by atoms with Gasteiger partial charge < -0.3 is 15.3 Å². The maximum absolute atomic E-state index is 12.0. The number of amides is 2. The zero-order valence-electron chi connectivity index (χ0n) is 12.3. The molecule has 18 heavy (non-hydrogen) atoms. The Morgan fingerprint density at radius 3 is 2.17 bits per heavy atom. The van der Waals surface area contributed by atoms with E-state index in [1.165, 1.54) is 0 Å². The summed E-state index contributed by atoms with van der Waals surface area (Å²) in [6.45, 7) is 10.0. The first kappa shape index (κ1) is 16.7. The van der Waals surface area contributed by atoms with Crippen molar-refractivity contribution in [3.8, 4) is 0 Å². The fourth-order valence-corrected chi connectivity index (χ4v) is 1.54. The monoisotopic (exact) mass is 258 g/mol. The van der Waals surface area contributed by atoms with Gasteiger partial charge in [0, 0.05) is 19.1 Å². The second kappa shape index (κ2) is 6.61. The van der Waals surface area contributed by atoms with Crippen LogP contribution in [0, 0.1) is 5.41 Å². The number of rotatable bonds is 5. The van der Waals surface area contributed by atoms with Gasteiger partial charge in [0.2, 0.25) is 0 Å². The Morgan fingerprint density at radius 1 is 1.33 bits per heavy atom. The molecule has 0 radical (unpaired) electrons. The topological polar surface area (TPSA) is 69.6 Å². The molecule has 0 bridgehead atoms. The van der Waals surface area contributed by atoms with Crippen LogP contribution < -0.4 is 5.32 Å². The highest BCUT2D eigenvalue weighted by Gasteiger charge is 2.28. The normalized spacial score (nSPS) is 14.8. The Bertz CT molecular complexity index is 297. The summed E-state index contributed by atoms with van der Waals surface area (Å²) in [6.07, 6.45) is 0.565. The molecule has 0 heterocycles. The van der Waals surface area contributed by atoms with Crippen LogP contribution in [0.3, 0.4) is 0 Å². The molecule has 2 N–H and O–H groups in total. The molecule has 0 saturated carbocycles. The number of aliphatic carboxylic acids is 1. The predicted octanol–water partition coefficient (Wildman–Crippen LogP) is 2.32. The summed E-state index contributed by atoms with van der Waals surface area (Å²) in [5.74, 6) is -0.895. The number of nitrogens with one attached hydrogen (secondary N) is 1. The average Bonchev–Trinajstić information content (AvgIpc) is 2.23. The zero-order chi connectivity index (χ0) is 14.5. The molecule has 2 atom stereocenters. The summed E-state index contributed by atoms with van der Waals surface area (Å²) in [6, 6.07) is -0.463. The smallest absolute Gasteiger partial charge is 0.317 e. The minimum atomic E-state index is -0.895. The predicted molar refractivity (Wildman–Crippen MR) is 71.5 cm³/mol. The number of carboxylic acids is 1. The van der Waals surface area contributed by atoms with Crippen molar-refractivity contribution in [1.29, 1.82) is 0 Å². The lowest BCUT2D eigenvalue weighted by molar-refractivity contribution is -0.137. The molecule has 0 spiro atoms. The quantitative estimate of drug-likeness (QED) is 0.795. The number of nitrogens with zero attached hydrogens (tertiary/aromatic N) is 1. The van der Waals surface area contributed by atoms with Gasteiger partial charge in [0.25, 0.3) is 0 Å². The molecule has 0 rings (SSSR count). The molecule has 5 nitrogen and oxygen atoms in total. The first-order valence-corrected chi connectivity index (χ1v) is 6.34. The Morgan fingerprint density at radius 2 is 1.83 bits per heavy atom. The van der Waals surface area contributed by atoms with Crippen LogP contribution in [0.25, 0.3) is 0 Å². The maximum Gasteiger partial charge on any atom is 0.317 e. The van der Waals surface area contributed by atoms with Gasteiger partial charge in [-0.2, -0.15) is 0 Å². The second-order valence-electron chi connectivity index (χ2n) is 5.81. The van der Waals surface area contributed by atoms with Gasteiger partial charge in [0.05, 0.1) is 6.42 Å². The largest absolute Gasteiger partial charge is 0.481 e. The van der Waals surface area contributed by atoms with Crippen molar-refractivity contribution in [2.75, 3.05) is 7.05 Å². The molecule has 2 unspecified atom stereocenters. The Kier molecular flexibility index (Phi) is 6.15. The van der Waals surface area contributed by atoms with Crippen LogP contribution in [-0.4, -0.2) is 41.1 Å². The fraction of sp³-hybridized carbons (Fsp3) is 0.846. The van der Waals surface area contributed by atoms with E-state index in [0.717, 1.165) is 0 Å². The van der Waals surface area contributed by atoms with Gasteiger partial charge in [-0.1, -0.05) is 27.7 Å². The summed E-state index contributed by atoms with van der Waals surface area (Å²) in [5, 5.41) is 11.5. The number of carbonyl (C=O) groups is 2. The van der Waals surface area contributed by atoms with Crippen LogP contribution in [0.1, 0.15) is 47.5 Å². The van der Waals surface area contributed by atoms with Gasteiger partial charge >= 0.3 is 12.0 Å². The highest BCUT2D eigenvalue weighted by Crippen LogP contribution is 2.23. The third-order valence-electron chi connectivity index (χ3n) is 3.40. The number of urea groups is 1. The van der Waals surface area contributed by atoms with E-state index in [9.17, 15) is 9.59 Å². The van der Waals surface area contributed by atoms with Crippen LogP contribution >= 0.6 is 0 Å². The molecule has 0 aliphatic carbocycles. The number of carbonyl (C=O) groups excluding carboxylic acids is 1. The van der Waals surface area contributed by atoms with Gasteiger partial charge in [0.15, 0.2) is 0 Å². The lowest BCUT2D eigenvalue weighted by Crippen LogP contribution is -2.50. The Balaban J connectivity index is 4.51. The molecule has 0 aromatic heterocycles. The molecule has 0 aliphatic heterocycles. The highest BCUT2D eigenvalue weighted by atomic mass is 16.4. The highest BCUT2D eigenvalue weighted by molar-refractivity contribution is 5.76. The first-order valence-electron chi connectivity index (χ1n) is 6.34. The SMILES string of the molecule is CCC(CC(=O)O)NC(=O)N(C)C(C)C(C)(C)C. The van der Waals surface area contributed by atoms with Gasteiger partial charge in [-0.3, -0.25) is 4.79 Å². The fourth-order valence-electron chi connectivity index (χ4n) is 1.54. The maximum atomic E-state index is 12.0. The van der Waals surface area contributed by atoms with E-state index >= 15 is 0 Å². The molecule has 0 fully saturated rings. The summed E-state index contributed by atoms with van der Waals surface area (Å²) in [4.78, 5) is 24.3. The van der Waals surface area contributed by atoms with Crippen LogP contribution in [-0.2, 0) is 4.79 Å². The number of hydrogen-bond donors (Lipinski definition) is 2. The molecule has 0 aliphatic rings. The van der Waals surface area contributed by atoms with E-state index in [-0.39, 0.29) is 30.0 Å². The lowest BCUT2D eigenvalue weighted by atomic mass is 9.87. The molecule has 0 aromatic rings. The van der Waals surface area contributed by atoms with Crippen molar-refractivity contribution in [2.45, 2.75) is 59.5 Å². The van der Waals surface area contributed by atoms with Crippen molar-refractivity contribution >= 4 is 12.0 Å². The van der Waals surface area contributed by atoms with Gasteiger partial charge in [-0.15, -0.1) is 0 Å². The van der Waals surface area contributed by atoms with Gasteiger partial charge in [-0.25, -0.2) is 4.79 Å². The number of carboxylic acid groups (broad SMARTS) is 1. The third-order valence-corrected chi connectivity index (χ3v) is 3.40.